The average molecular weight is 383 g/mol. The number of likely N-dealkylation sites (tertiary alicyclic amines) is 1. The van der Waals surface area contributed by atoms with Crippen molar-refractivity contribution in [2.24, 2.45) is 0 Å². The van der Waals surface area contributed by atoms with Gasteiger partial charge in [-0.05, 0) is 69.1 Å². The molecule has 2 aromatic carbocycles. The molecule has 1 aliphatic rings. The number of carbonyl (C=O) groups is 1. The Kier molecular flexibility index (Phi) is 7.73. The lowest BCUT2D eigenvalue weighted by molar-refractivity contribution is -0.123. The molecule has 0 aromatic heterocycles. The smallest absolute Gasteiger partial charge is 0.257 e. The quantitative estimate of drug-likeness (QED) is 0.635. The van der Waals surface area contributed by atoms with Gasteiger partial charge in [0.15, 0.2) is 6.61 Å². The molecule has 0 spiro atoms. The lowest BCUT2D eigenvalue weighted by Crippen LogP contribution is -2.30. The molecule has 1 unspecified atom stereocenters. The number of ether oxygens (including phenoxy) is 2. The molecule has 2 aromatic rings. The van der Waals surface area contributed by atoms with E-state index in [1.54, 1.807) is 0 Å². The van der Waals surface area contributed by atoms with Crippen molar-refractivity contribution < 1.29 is 14.3 Å². The van der Waals surface area contributed by atoms with Crippen molar-refractivity contribution in [1.82, 2.24) is 10.2 Å². The predicted molar refractivity (Wildman–Crippen MR) is 111 cm³/mol. The van der Waals surface area contributed by atoms with Crippen molar-refractivity contribution in [3.63, 3.8) is 0 Å². The van der Waals surface area contributed by atoms with E-state index >= 15 is 0 Å². The molecule has 1 atom stereocenters. The van der Waals surface area contributed by atoms with Gasteiger partial charge in [0.1, 0.15) is 11.5 Å². The molecule has 1 amide bonds. The zero-order valence-electron chi connectivity index (χ0n) is 16.6. The van der Waals surface area contributed by atoms with Crippen LogP contribution < -0.4 is 14.8 Å². The number of para-hydroxylation sites is 1. The van der Waals surface area contributed by atoms with E-state index in [0.29, 0.717) is 24.9 Å². The van der Waals surface area contributed by atoms with E-state index in [1.807, 2.05) is 36.4 Å². The van der Waals surface area contributed by atoms with Crippen LogP contribution in [-0.2, 0) is 4.79 Å². The van der Waals surface area contributed by atoms with Crippen LogP contribution in [0.1, 0.15) is 37.8 Å². The Bertz CT molecular complexity index is 730. The van der Waals surface area contributed by atoms with Gasteiger partial charge in [0.25, 0.3) is 5.91 Å². The number of nitrogens with zero attached hydrogens (tertiary/aromatic N) is 1. The third-order valence-corrected chi connectivity index (χ3v) is 5.05. The van der Waals surface area contributed by atoms with Crippen molar-refractivity contribution in [2.45, 2.75) is 32.2 Å². The second-order valence-corrected chi connectivity index (χ2v) is 7.15. The number of amides is 1. The molecule has 3 rings (SSSR count). The zero-order valence-corrected chi connectivity index (χ0v) is 16.6. The first-order valence-corrected chi connectivity index (χ1v) is 10.1. The second kappa shape index (κ2) is 10.7. The van der Waals surface area contributed by atoms with Crippen LogP contribution in [0.4, 0.5) is 0 Å². The first-order valence-electron chi connectivity index (χ1n) is 10.1. The van der Waals surface area contributed by atoms with E-state index < -0.39 is 0 Å². The number of nitrogens with one attached hydrogen (secondary N) is 1. The molecular formula is C23H30N2O3. The minimum Gasteiger partial charge on any atom is -0.494 e. The largest absolute Gasteiger partial charge is 0.494 e. The fourth-order valence-electron chi connectivity index (χ4n) is 3.41. The van der Waals surface area contributed by atoms with Gasteiger partial charge in [-0.3, -0.25) is 9.69 Å². The first kappa shape index (κ1) is 20.2. The fourth-order valence-corrected chi connectivity index (χ4v) is 3.41. The summed E-state index contributed by atoms with van der Waals surface area (Å²) in [6.45, 7) is 5.79. The molecule has 1 saturated heterocycles. The zero-order chi connectivity index (χ0) is 19.6. The first-order chi connectivity index (χ1) is 13.7. The van der Waals surface area contributed by atoms with Gasteiger partial charge >= 0.3 is 0 Å². The Labute approximate surface area is 167 Å². The van der Waals surface area contributed by atoms with Gasteiger partial charge in [-0.1, -0.05) is 30.3 Å². The highest BCUT2D eigenvalue weighted by molar-refractivity contribution is 5.77. The number of rotatable bonds is 10. The van der Waals surface area contributed by atoms with Crippen molar-refractivity contribution in [3.05, 3.63) is 60.2 Å². The molecule has 0 aliphatic carbocycles. The van der Waals surface area contributed by atoms with E-state index in [1.165, 1.54) is 31.5 Å². The molecule has 5 nitrogen and oxygen atoms in total. The summed E-state index contributed by atoms with van der Waals surface area (Å²) < 4.78 is 11.3. The van der Waals surface area contributed by atoms with E-state index in [-0.39, 0.29) is 12.5 Å². The summed E-state index contributed by atoms with van der Waals surface area (Å²) >= 11 is 0. The molecular weight excluding hydrogens is 352 g/mol. The molecule has 1 aliphatic heterocycles. The Morgan fingerprint density at radius 2 is 1.79 bits per heavy atom. The molecule has 1 fully saturated rings. The molecule has 5 heteroatoms. The molecule has 0 radical (unpaired) electrons. The molecule has 1 heterocycles. The highest BCUT2D eigenvalue weighted by atomic mass is 16.5. The summed E-state index contributed by atoms with van der Waals surface area (Å²) in [5, 5.41) is 2.86. The number of benzene rings is 2. The molecule has 0 bridgehead atoms. The summed E-state index contributed by atoms with van der Waals surface area (Å²) in [6.07, 6.45) is 3.34. The van der Waals surface area contributed by atoms with E-state index in [4.69, 9.17) is 9.47 Å². The van der Waals surface area contributed by atoms with Crippen molar-refractivity contribution in [3.8, 4) is 11.5 Å². The number of carbonyl (C=O) groups excluding carboxylic acids is 1. The van der Waals surface area contributed by atoms with Crippen LogP contribution in [0.25, 0.3) is 0 Å². The van der Waals surface area contributed by atoms with Gasteiger partial charge in [-0.25, -0.2) is 0 Å². The van der Waals surface area contributed by atoms with Gasteiger partial charge in [0.2, 0.25) is 0 Å². The third-order valence-electron chi connectivity index (χ3n) is 5.05. The monoisotopic (exact) mass is 382 g/mol. The maximum atomic E-state index is 11.8. The third kappa shape index (κ3) is 6.27. The minimum atomic E-state index is -0.120. The summed E-state index contributed by atoms with van der Waals surface area (Å²) in [5.74, 6) is 1.47. The Hall–Kier alpha value is -2.53. The van der Waals surface area contributed by atoms with Crippen LogP contribution >= 0.6 is 0 Å². The lowest BCUT2D eigenvalue weighted by atomic mass is 10.1. The topological polar surface area (TPSA) is 50.8 Å². The molecule has 1 N–H and O–H groups in total. The van der Waals surface area contributed by atoms with Crippen LogP contribution in [0.2, 0.25) is 0 Å². The van der Waals surface area contributed by atoms with Gasteiger partial charge in [-0.15, -0.1) is 0 Å². The van der Waals surface area contributed by atoms with Crippen LogP contribution in [0, 0.1) is 0 Å². The maximum Gasteiger partial charge on any atom is 0.257 e. The summed E-state index contributed by atoms with van der Waals surface area (Å²) in [5.41, 5.74) is 1.30. The van der Waals surface area contributed by atoms with E-state index in [2.05, 4.69) is 35.3 Å². The molecule has 28 heavy (non-hydrogen) atoms. The summed E-state index contributed by atoms with van der Waals surface area (Å²) in [4.78, 5) is 14.3. The van der Waals surface area contributed by atoms with E-state index in [9.17, 15) is 4.79 Å². The summed E-state index contributed by atoms with van der Waals surface area (Å²) in [6, 6.07) is 18.1. The molecule has 150 valence electrons. The normalized spacial score (nSPS) is 15.2. The Morgan fingerprint density at radius 1 is 1.04 bits per heavy atom. The van der Waals surface area contributed by atoms with Crippen LogP contribution in [0.15, 0.2) is 54.6 Å². The SMILES string of the molecule is CC(c1cccc(OCCCNC(=O)COc2ccccc2)c1)N1CCCC1. The maximum absolute atomic E-state index is 11.8. The van der Waals surface area contributed by atoms with Crippen molar-refractivity contribution in [1.29, 1.82) is 0 Å². The second-order valence-electron chi connectivity index (χ2n) is 7.15. The highest BCUT2D eigenvalue weighted by Crippen LogP contribution is 2.26. The van der Waals surface area contributed by atoms with Crippen LogP contribution in [0.3, 0.4) is 0 Å². The predicted octanol–water partition coefficient (Wildman–Crippen LogP) is 3.81. The fraction of sp³-hybridized carbons (Fsp3) is 0.435. The van der Waals surface area contributed by atoms with E-state index in [0.717, 1.165) is 12.2 Å². The van der Waals surface area contributed by atoms with Gasteiger partial charge < -0.3 is 14.8 Å². The van der Waals surface area contributed by atoms with Crippen molar-refractivity contribution >= 4 is 5.91 Å². The number of hydrogen-bond acceptors (Lipinski definition) is 4. The average Bonchev–Trinajstić information content (AvgIpc) is 3.27. The highest BCUT2D eigenvalue weighted by Gasteiger charge is 2.19. The summed E-state index contributed by atoms with van der Waals surface area (Å²) in [7, 11) is 0. The Balaban J connectivity index is 1.32. The standard InChI is InChI=1S/C23H30N2O3/c1-19(25-14-5-6-15-25)20-9-7-12-22(17-20)27-16-8-13-24-23(26)18-28-21-10-3-2-4-11-21/h2-4,7,9-12,17,19H,5-6,8,13-16,18H2,1H3,(H,24,26). The van der Waals surface area contributed by atoms with Crippen LogP contribution in [-0.4, -0.2) is 43.7 Å². The van der Waals surface area contributed by atoms with Gasteiger partial charge in [0.05, 0.1) is 6.61 Å². The van der Waals surface area contributed by atoms with Gasteiger partial charge in [-0.2, -0.15) is 0 Å². The molecule has 0 saturated carbocycles. The lowest BCUT2D eigenvalue weighted by Gasteiger charge is -2.24. The van der Waals surface area contributed by atoms with Gasteiger partial charge in [0, 0.05) is 12.6 Å². The minimum absolute atomic E-state index is 0.0291. The number of hydrogen-bond donors (Lipinski definition) is 1. The Morgan fingerprint density at radius 3 is 2.57 bits per heavy atom. The van der Waals surface area contributed by atoms with Crippen molar-refractivity contribution in [2.75, 3.05) is 32.8 Å². The van der Waals surface area contributed by atoms with Crippen LogP contribution in [0.5, 0.6) is 11.5 Å².